The minimum Gasteiger partial charge on any atom is -0.342 e. The van der Waals surface area contributed by atoms with E-state index in [1.807, 2.05) is 36.8 Å². The fourth-order valence-corrected chi connectivity index (χ4v) is 3.53. The van der Waals surface area contributed by atoms with Gasteiger partial charge >= 0.3 is 0 Å². The quantitative estimate of drug-likeness (QED) is 0.698. The summed E-state index contributed by atoms with van der Waals surface area (Å²) in [6.45, 7) is 0.688. The Morgan fingerprint density at radius 2 is 1.93 bits per heavy atom. The number of nitrogens with zero attached hydrogens (tertiary/aromatic N) is 6. The summed E-state index contributed by atoms with van der Waals surface area (Å²) >= 11 is 0. The summed E-state index contributed by atoms with van der Waals surface area (Å²) in [6.07, 6.45) is 11.6. The molecule has 1 aliphatic heterocycles. The molecule has 0 spiro atoms. The maximum atomic E-state index is 9.51. The molecular weight excluding hydrogens is 348 g/mol. The molecule has 5 rings (SSSR count). The number of nitriles is 1. The molecule has 1 aliphatic carbocycles. The minimum absolute atomic E-state index is 0.523. The van der Waals surface area contributed by atoms with Gasteiger partial charge in [0.2, 0.25) is 0 Å². The average Bonchev–Trinajstić information content (AvgIpc) is 3.50. The van der Waals surface area contributed by atoms with E-state index in [9.17, 15) is 5.26 Å². The van der Waals surface area contributed by atoms with Gasteiger partial charge in [0, 0.05) is 42.4 Å². The smallest absolute Gasteiger partial charge is 0.164 e. The number of allylic oxidation sites excluding steroid dienone is 2. The Morgan fingerprint density at radius 3 is 2.71 bits per heavy atom. The van der Waals surface area contributed by atoms with Crippen molar-refractivity contribution in [3.8, 4) is 17.5 Å². The normalized spacial score (nSPS) is 16.3. The van der Waals surface area contributed by atoms with Crippen LogP contribution in [0.15, 0.2) is 73.0 Å². The van der Waals surface area contributed by atoms with E-state index in [1.54, 1.807) is 12.4 Å². The number of anilines is 1. The zero-order valence-corrected chi connectivity index (χ0v) is 15.2. The number of hydrogen-bond donors (Lipinski definition) is 0. The molecule has 136 valence electrons. The van der Waals surface area contributed by atoms with E-state index in [2.05, 4.69) is 48.9 Å². The van der Waals surface area contributed by atoms with Gasteiger partial charge in [-0.3, -0.25) is 4.98 Å². The van der Waals surface area contributed by atoms with Crippen LogP contribution in [0.2, 0.25) is 0 Å². The van der Waals surface area contributed by atoms with Crippen LogP contribution in [-0.4, -0.2) is 26.3 Å². The molecule has 6 heteroatoms. The van der Waals surface area contributed by atoms with E-state index in [0.717, 1.165) is 28.2 Å². The maximum Gasteiger partial charge on any atom is 0.164 e. The second kappa shape index (κ2) is 6.78. The van der Waals surface area contributed by atoms with E-state index in [0.29, 0.717) is 18.2 Å². The first-order valence-electron chi connectivity index (χ1n) is 9.31. The van der Waals surface area contributed by atoms with Crippen molar-refractivity contribution in [2.45, 2.75) is 18.9 Å². The highest BCUT2D eigenvalue weighted by Crippen LogP contribution is 2.38. The second-order valence-corrected chi connectivity index (χ2v) is 7.07. The Morgan fingerprint density at radius 1 is 1.07 bits per heavy atom. The van der Waals surface area contributed by atoms with Crippen molar-refractivity contribution in [2.24, 2.45) is 0 Å². The zero-order chi connectivity index (χ0) is 18.9. The van der Waals surface area contributed by atoms with Crippen LogP contribution in [0, 0.1) is 11.3 Å². The lowest BCUT2D eigenvalue weighted by Gasteiger charge is -2.26. The predicted molar refractivity (Wildman–Crippen MR) is 107 cm³/mol. The fraction of sp³-hybridized carbons (Fsp3) is 0.182. The lowest BCUT2D eigenvalue weighted by Crippen LogP contribution is -2.22. The Balaban J connectivity index is 1.49. The number of rotatable bonds is 4. The van der Waals surface area contributed by atoms with Crippen LogP contribution in [0.4, 0.5) is 5.69 Å². The molecule has 0 atom stereocenters. The number of hydrogen-bond acceptors (Lipinski definition) is 5. The van der Waals surface area contributed by atoms with Gasteiger partial charge in [-0.2, -0.15) is 5.26 Å². The molecule has 1 aromatic carbocycles. The molecule has 2 aromatic heterocycles. The molecule has 1 saturated carbocycles. The van der Waals surface area contributed by atoms with Gasteiger partial charge in [-0.15, -0.1) is 10.2 Å². The molecule has 2 aliphatic rings. The van der Waals surface area contributed by atoms with Crippen molar-refractivity contribution in [3.63, 3.8) is 0 Å². The summed E-state index contributed by atoms with van der Waals surface area (Å²) < 4.78 is 2.16. The van der Waals surface area contributed by atoms with Gasteiger partial charge < -0.3 is 9.47 Å². The fourth-order valence-electron chi connectivity index (χ4n) is 3.53. The molecule has 1 fully saturated rings. The van der Waals surface area contributed by atoms with Gasteiger partial charge in [0.25, 0.3) is 0 Å². The third-order valence-electron chi connectivity index (χ3n) is 5.09. The molecular formula is C22H18N6. The average molecular weight is 366 g/mol. The maximum absolute atomic E-state index is 9.51. The number of aromatic nitrogens is 4. The molecule has 0 amide bonds. The van der Waals surface area contributed by atoms with Gasteiger partial charge in [-0.1, -0.05) is 12.1 Å². The Kier molecular flexibility index (Phi) is 3.99. The topological polar surface area (TPSA) is 70.6 Å². The predicted octanol–water partition coefficient (Wildman–Crippen LogP) is 3.99. The van der Waals surface area contributed by atoms with Gasteiger partial charge in [-0.25, -0.2) is 0 Å². The van der Waals surface area contributed by atoms with Crippen LogP contribution >= 0.6 is 0 Å². The summed E-state index contributed by atoms with van der Waals surface area (Å²) in [7, 11) is 0. The Hall–Kier alpha value is -3.72. The summed E-state index contributed by atoms with van der Waals surface area (Å²) in [5.74, 6) is 0.899. The monoisotopic (exact) mass is 366 g/mol. The molecule has 6 nitrogen and oxygen atoms in total. The van der Waals surface area contributed by atoms with Crippen molar-refractivity contribution >= 4 is 11.3 Å². The molecule has 0 N–H and O–H groups in total. The molecule has 0 unspecified atom stereocenters. The third-order valence-corrected chi connectivity index (χ3v) is 5.09. The first-order valence-corrected chi connectivity index (χ1v) is 9.31. The van der Waals surface area contributed by atoms with Crippen LogP contribution in [0.25, 0.3) is 17.0 Å². The molecule has 3 aromatic rings. The lowest BCUT2D eigenvalue weighted by molar-refractivity contribution is 0.746. The summed E-state index contributed by atoms with van der Waals surface area (Å²) in [4.78, 5) is 6.20. The van der Waals surface area contributed by atoms with Gasteiger partial charge in [-0.05, 0) is 54.3 Å². The van der Waals surface area contributed by atoms with Crippen LogP contribution in [-0.2, 0) is 0 Å². The van der Waals surface area contributed by atoms with Crippen LogP contribution < -0.4 is 4.90 Å². The zero-order valence-electron chi connectivity index (χ0n) is 15.2. The van der Waals surface area contributed by atoms with Crippen molar-refractivity contribution in [1.82, 2.24) is 19.7 Å². The van der Waals surface area contributed by atoms with E-state index in [1.165, 1.54) is 12.8 Å². The summed E-state index contributed by atoms with van der Waals surface area (Å²) in [5, 5.41) is 18.0. The largest absolute Gasteiger partial charge is 0.342 e. The first-order chi connectivity index (χ1) is 13.8. The second-order valence-electron chi connectivity index (χ2n) is 7.07. The molecule has 0 radical (unpaired) electrons. The highest BCUT2D eigenvalue weighted by Gasteiger charge is 2.26. The molecule has 0 bridgehead atoms. The first kappa shape index (κ1) is 16.5. The highest BCUT2D eigenvalue weighted by molar-refractivity contribution is 5.77. The number of benzene rings is 1. The Labute approximate surface area is 163 Å². The minimum atomic E-state index is 0.523. The van der Waals surface area contributed by atoms with Crippen molar-refractivity contribution < 1.29 is 0 Å². The molecule has 3 heterocycles. The van der Waals surface area contributed by atoms with E-state index >= 15 is 0 Å². The van der Waals surface area contributed by atoms with E-state index < -0.39 is 0 Å². The van der Waals surface area contributed by atoms with Gasteiger partial charge in [0.05, 0.1) is 5.57 Å². The third kappa shape index (κ3) is 3.08. The highest BCUT2D eigenvalue weighted by atomic mass is 15.3. The van der Waals surface area contributed by atoms with Crippen molar-refractivity contribution in [1.29, 1.82) is 5.26 Å². The van der Waals surface area contributed by atoms with Gasteiger partial charge in [0.15, 0.2) is 5.82 Å². The SMILES string of the molecule is N#CC1=CN(c2cccc(-c3nncn3C3CC3)c2)CC(c2ccncc2)=C1. The van der Waals surface area contributed by atoms with Crippen LogP contribution in [0.3, 0.4) is 0 Å². The van der Waals surface area contributed by atoms with Crippen LogP contribution in [0.1, 0.15) is 24.4 Å². The van der Waals surface area contributed by atoms with Crippen molar-refractivity contribution in [3.05, 3.63) is 78.5 Å². The Bertz CT molecular complexity index is 1120. The summed E-state index contributed by atoms with van der Waals surface area (Å²) in [5.41, 5.74) is 4.85. The summed E-state index contributed by atoms with van der Waals surface area (Å²) in [6, 6.07) is 15.0. The molecule has 28 heavy (non-hydrogen) atoms. The van der Waals surface area contributed by atoms with Gasteiger partial charge in [0.1, 0.15) is 12.4 Å². The standard InChI is InChI=1S/C22H18N6/c23-12-16-10-19(17-6-8-24-9-7-17)14-27(13-16)21-3-1-2-18(11-21)22-26-25-15-28(22)20-4-5-20/h1-3,6-11,13,15,20H,4-5,14H2. The lowest BCUT2D eigenvalue weighted by atomic mass is 10.0. The van der Waals surface area contributed by atoms with Crippen molar-refractivity contribution in [2.75, 3.05) is 11.4 Å². The number of pyridine rings is 1. The molecule has 0 saturated heterocycles. The van der Waals surface area contributed by atoms with E-state index in [4.69, 9.17) is 0 Å². The van der Waals surface area contributed by atoms with E-state index in [-0.39, 0.29) is 0 Å². The van der Waals surface area contributed by atoms with Crippen LogP contribution in [0.5, 0.6) is 0 Å².